The number of aromatic hydroxyl groups is 4. The molecule has 0 spiro atoms. The molecule has 0 saturated heterocycles. The highest BCUT2D eigenvalue weighted by Gasteiger charge is 2.22. The van der Waals surface area contributed by atoms with E-state index in [0.29, 0.717) is 70.1 Å². The number of fused-ring (bicyclic) bond motifs is 1. The van der Waals surface area contributed by atoms with Crippen molar-refractivity contribution in [3.63, 3.8) is 0 Å². The third-order valence-corrected chi connectivity index (χ3v) is 20.2. The van der Waals surface area contributed by atoms with Gasteiger partial charge in [-0.05, 0) is 190 Å². The van der Waals surface area contributed by atoms with Gasteiger partial charge in [0.25, 0.3) is 23.6 Å². The topological polar surface area (TPSA) is 266 Å². The van der Waals surface area contributed by atoms with E-state index in [9.17, 15) is 66.8 Å². The first-order valence-electron chi connectivity index (χ1n) is 36.5. The second kappa shape index (κ2) is 48.1. The fraction of sp³-hybridized carbons (Fsp3) is 0.299. The number of carbonyl (C=O) groups is 6. The molecular weight excluding hydrogens is 1480 g/mol. The SMILES string of the molecule is C.CCCCNC(=O)c1cc(-c2ccc(F)cc2F)ccc1O.CCCCNC(=O)c1ccc(Oc2ccccc2)cc1.CCCCNC(=O)c1ccc2c(C)cc(C)c(O)c2n1.CCCNC(=O)C(C)c1ccc(C(=O)c2cccs2)cc1O.CCCSSCCCNC(=O)c1cc(-c2ccc(F)cc2F)ccc1O. The highest BCUT2D eigenvalue weighted by atomic mass is 33.1. The molecule has 5 amide bonds. The van der Waals surface area contributed by atoms with Crippen molar-refractivity contribution in [2.24, 2.45) is 0 Å². The molecule has 0 aliphatic carbocycles. The Morgan fingerprint density at radius 3 is 1.51 bits per heavy atom. The molecule has 10 rings (SSSR count). The fourth-order valence-corrected chi connectivity index (χ4v) is 13.4. The number of para-hydroxylation sites is 1. The maximum Gasteiger partial charge on any atom is 0.269 e. The molecule has 9 N–H and O–H groups in total. The Kier molecular flexibility index (Phi) is 39.4. The van der Waals surface area contributed by atoms with Crippen LogP contribution in [-0.4, -0.2) is 105 Å². The number of ether oxygens (including phenoxy) is 1. The zero-order valence-corrected chi connectivity index (χ0v) is 65.5. The Bertz CT molecular complexity index is 4650. The van der Waals surface area contributed by atoms with Crippen molar-refractivity contribution in [2.45, 2.75) is 127 Å². The lowest BCUT2D eigenvalue weighted by Crippen LogP contribution is -2.28. The molecule has 0 bridgehead atoms. The minimum atomic E-state index is -0.719. The summed E-state index contributed by atoms with van der Waals surface area (Å²) in [6.07, 6.45) is 8.64. The number of nitrogens with zero attached hydrogens (tertiary/aromatic N) is 1. The summed E-state index contributed by atoms with van der Waals surface area (Å²) in [7, 11) is 3.59. The number of carbonyl (C=O) groups excluding carboxylic acids is 6. The molecule has 17 nitrogen and oxygen atoms in total. The van der Waals surface area contributed by atoms with Crippen molar-refractivity contribution in [1.29, 1.82) is 0 Å². The lowest BCUT2D eigenvalue weighted by Gasteiger charge is -2.14. The number of hydrogen-bond donors (Lipinski definition) is 9. The van der Waals surface area contributed by atoms with Gasteiger partial charge in [0.1, 0.15) is 69.0 Å². The van der Waals surface area contributed by atoms with E-state index in [1.165, 1.54) is 65.9 Å². The number of phenolic OH excluding ortho intramolecular Hbond substituents is 4. The number of benzene rings is 8. The van der Waals surface area contributed by atoms with Gasteiger partial charge in [-0.2, -0.15) is 0 Å². The normalized spacial score (nSPS) is 10.7. The summed E-state index contributed by atoms with van der Waals surface area (Å²) < 4.78 is 59.5. The summed E-state index contributed by atoms with van der Waals surface area (Å²) in [6.45, 7) is 18.8. The van der Waals surface area contributed by atoms with Crippen molar-refractivity contribution in [3.8, 4) is 56.8 Å². The number of pyridine rings is 1. The molecule has 24 heteroatoms. The van der Waals surface area contributed by atoms with Crippen LogP contribution in [0.4, 0.5) is 17.6 Å². The Hall–Kier alpha value is -10.7. The number of thiophene rings is 1. The van der Waals surface area contributed by atoms with E-state index in [-0.39, 0.29) is 76.2 Å². The van der Waals surface area contributed by atoms with Crippen LogP contribution >= 0.6 is 32.9 Å². The van der Waals surface area contributed by atoms with Crippen LogP contribution in [0.5, 0.6) is 34.5 Å². The second-order valence-corrected chi connectivity index (χ2v) is 28.9. The summed E-state index contributed by atoms with van der Waals surface area (Å²) in [5, 5.41) is 56.7. The van der Waals surface area contributed by atoms with Gasteiger partial charge in [-0.15, -0.1) is 11.3 Å². The summed E-state index contributed by atoms with van der Waals surface area (Å²) in [4.78, 5) is 77.3. The maximum atomic E-state index is 13.9. The lowest BCUT2D eigenvalue weighted by molar-refractivity contribution is -0.122. The minimum absolute atomic E-state index is 0. The van der Waals surface area contributed by atoms with Crippen molar-refractivity contribution in [1.82, 2.24) is 31.6 Å². The molecule has 1 unspecified atom stereocenters. The van der Waals surface area contributed by atoms with Gasteiger partial charge in [-0.3, -0.25) is 28.8 Å². The summed E-state index contributed by atoms with van der Waals surface area (Å²) in [5.41, 5.74) is 5.52. The molecule has 8 aromatic carbocycles. The van der Waals surface area contributed by atoms with Crippen molar-refractivity contribution < 1.29 is 71.5 Å². The van der Waals surface area contributed by atoms with Gasteiger partial charge in [0.15, 0.2) is 0 Å². The fourth-order valence-electron chi connectivity index (χ4n) is 10.5. The van der Waals surface area contributed by atoms with E-state index in [4.69, 9.17) is 4.74 Å². The summed E-state index contributed by atoms with van der Waals surface area (Å²) in [6, 6.07) is 45.4. The number of amides is 5. The lowest BCUT2D eigenvalue weighted by atomic mass is 9.96. The molecular formula is C87H100F4N6O11S3. The zero-order chi connectivity index (χ0) is 80.1. The smallest absolute Gasteiger partial charge is 0.269 e. The van der Waals surface area contributed by atoms with Crippen LogP contribution in [0, 0.1) is 37.1 Å². The van der Waals surface area contributed by atoms with Crippen LogP contribution in [0.2, 0.25) is 0 Å². The van der Waals surface area contributed by atoms with Crippen LogP contribution in [0.25, 0.3) is 33.2 Å². The van der Waals surface area contributed by atoms with E-state index in [1.54, 1.807) is 54.1 Å². The molecule has 590 valence electrons. The standard InChI is InChI=1S/C19H21F2NO2S2.C17H17F2NO2.C17H19NO3S.C17H19NO2.C16H20N2O2.CH4/c1-2-9-25-26-10-3-8-22-19(24)16-11-13(4-7-18(16)23)15-6-5-14(20)12-17(15)21;1-2-3-8-20-17(22)14-9-11(4-7-16(14)21)13-6-5-12(18)10-15(13)19;1-3-8-18-17(21)11(2)13-7-6-12(10-14(13)19)16(20)15-5-4-9-22-15;1-2-3-13-18-17(19)14-9-11-16(12-10-14)20-15-7-5-4-6-8-15;1-4-5-8-17-16(20)13-7-6-12-10(2)9-11(3)15(19)14(12)18-13;/h4-7,11-12,23H,2-3,8-10H2,1H3,(H,22,24);4-7,9-10,21H,2-3,8H2,1H3,(H,20,22);4-7,9-11,19H,3,8H2,1-2H3,(H,18,21);4-12H,2-3,13H2,1H3,(H,18,19);6-7,9,19H,4-5,8H2,1-3H3,(H,17,20);1H4. The number of phenols is 4. The Balaban J connectivity index is 0.000000248. The number of hydrogen-bond acceptors (Lipinski definition) is 15. The van der Waals surface area contributed by atoms with Crippen molar-refractivity contribution in [2.75, 3.05) is 44.2 Å². The number of halogens is 4. The van der Waals surface area contributed by atoms with E-state index in [0.717, 1.165) is 128 Å². The maximum absolute atomic E-state index is 13.9. The summed E-state index contributed by atoms with van der Waals surface area (Å²) in [5.74, 6) is -1.26. The molecule has 1 atom stereocenters. The van der Waals surface area contributed by atoms with Crippen molar-refractivity contribution in [3.05, 3.63) is 254 Å². The molecule has 0 aliphatic rings. The Morgan fingerprint density at radius 1 is 0.477 bits per heavy atom. The van der Waals surface area contributed by atoms with E-state index < -0.39 is 41.0 Å². The average molecular weight is 1580 g/mol. The molecule has 0 radical (unpaired) electrons. The molecule has 10 aromatic rings. The van der Waals surface area contributed by atoms with Crippen LogP contribution in [0.15, 0.2) is 181 Å². The van der Waals surface area contributed by atoms with E-state index in [2.05, 4.69) is 52.3 Å². The quantitative estimate of drug-likeness (QED) is 0.00878. The molecule has 2 heterocycles. The van der Waals surface area contributed by atoms with Crippen LogP contribution in [0.3, 0.4) is 0 Å². The highest BCUT2D eigenvalue weighted by Crippen LogP contribution is 2.34. The van der Waals surface area contributed by atoms with Gasteiger partial charge < -0.3 is 51.7 Å². The third-order valence-electron chi connectivity index (χ3n) is 16.6. The first-order chi connectivity index (χ1) is 52.9. The predicted molar refractivity (Wildman–Crippen MR) is 441 cm³/mol. The van der Waals surface area contributed by atoms with Crippen LogP contribution in [-0.2, 0) is 4.79 Å². The average Bonchev–Trinajstić information content (AvgIpc) is 0.834. The first kappa shape index (κ1) is 90.9. The first-order valence-corrected chi connectivity index (χ1v) is 39.9. The summed E-state index contributed by atoms with van der Waals surface area (Å²) >= 11 is 1.36. The van der Waals surface area contributed by atoms with Crippen LogP contribution < -0.4 is 31.3 Å². The number of nitrogens with one attached hydrogen (secondary N) is 5. The highest BCUT2D eigenvalue weighted by molar-refractivity contribution is 8.76. The Morgan fingerprint density at radius 2 is 1.00 bits per heavy atom. The van der Waals surface area contributed by atoms with Gasteiger partial charge in [-0.25, -0.2) is 22.5 Å². The number of aromatic nitrogens is 1. The van der Waals surface area contributed by atoms with E-state index in [1.807, 2.05) is 105 Å². The van der Waals surface area contributed by atoms with Gasteiger partial charge in [0.2, 0.25) is 11.7 Å². The number of rotatable bonds is 30. The van der Waals surface area contributed by atoms with Gasteiger partial charge in [0, 0.05) is 89.6 Å². The zero-order valence-electron chi connectivity index (χ0n) is 63.0. The molecule has 0 fully saturated rings. The number of unbranched alkanes of at least 4 members (excludes halogenated alkanes) is 3. The monoisotopic (exact) mass is 1580 g/mol. The number of aryl methyl sites for hydroxylation is 2. The molecule has 2 aromatic heterocycles. The van der Waals surface area contributed by atoms with Gasteiger partial charge >= 0.3 is 0 Å². The van der Waals surface area contributed by atoms with Crippen LogP contribution in [0.1, 0.15) is 186 Å². The largest absolute Gasteiger partial charge is 0.508 e. The second-order valence-electron chi connectivity index (χ2n) is 25.3. The molecule has 0 aliphatic heterocycles. The predicted octanol–water partition coefficient (Wildman–Crippen LogP) is 20.2. The molecule has 111 heavy (non-hydrogen) atoms. The van der Waals surface area contributed by atoms with Gasteiger partial charge in [-0.1, -0.05) is 144 Å². The minimum Gasteiger partial charge on any atom is -0.508 e. The Labute approximate surface area is 659 Å². The molecule has 0 saturated carbocycles. The van der Waals surface area contributed by atoms with E-state index >= 15 is 0 Å². The third kappa shape index (κ3) is 28.9. The van der Waals surface area contributed by atoms with Gasteiger partial charge in [0.05, 0.1) is 21.9 Å². The van der Waals surface area contributed by atoms with Crippen molar-refractivity contribution >= 4 is 79.1 Å². The number of ketones is 1.